The summed E-state index contributed by atoms with van der Waals surface area (Å²) in [4.78, 5) is 10.1. The van der Waals surface area contributed by atoms with Gasteiger partial charge in [-0.15, -0.1) is 0 Å². The Morgan fingerprint density at radius 1 is 1.05 bits per heavy atom. The summed E-state index contributed by atoms with van der Waals surface area (Å²) in [5.74, 6) is -2.47. The van der Waals surface area contributed by atoms with Crippen LogP contribution in [-0.2, 0) is 0 Å². The number of benzene rings is 2. The van der Waals surface area contributed by atoms with E-state index in [9.17, 15) is 18.9 Å². The Hall–Kier alpha value is -1.72. The van der Waals surface area contributed by atoms with Crippen LogP contribution in [0, 0.1) is 21.7 Å². The highest BCUT2D eigenvalue weighted by Gasteiger charge is 2.23. The van der Waals surface area contributed by atoms with Gasteiger partial charge in [0.25, 0.3) is 5.69 Å². The van der Waals surface area contributed by atoms with Crippen molar-refractivity contribution in [3.05, 3.63) is 62.1 Å². The maximum Gasteiger partial charge on any atom is 0.280 e. The number of halogens is 4. The van der Waals surface area contributed by atoms with E-state index >= 15 is 0 Å². The molecule has 0 atom stereocenters. The van der Waals surface area contributed by atoms with E-state index in [2.05, 4.69) is 0 Å². The van der Waals surface area contributed by atoms with E-state index in [1.165, 1.54) is 18.2 Å². The van der Waals surface area contributed by atoms with Gasteiger partial charge in [0, 0.05) is 6.07 Å². The number of hydrogen-bond donors (Lipinski definition) is 0. The van der Waals surface area contributed by atoms with E-state index in [1.54, 1.807) is 0 Å². The Morgan fingerprint density at radius 3 is 2.32 bits per heavy atom. The topological polar surface area (TPSA) is 43.1 Å². The van der Waals surface area contributed by atoms with Gasteiger partial charge in [0.2, 0.25) is 0 Å². The summed E-state index contributed by atoms with van der Waals surface area (Å²) in [5, 5.41) is 11.2. The quantitative estimate of drug-likeness (QED) is 0.588. The van der Waals surface area contributed by atoms with E-state index < -0.39 is 27.8 Å². The maximum absolute atomic E-state index is 13.8. The van der Waals surface area contributed by atoms with Gasteiger partial charge < -0.3 is 0 Å². The van der Waals surface area contributed by atoms with Gasteiger partial charge in [0.05, 0.1) is 20.5 Å². The van der Waals surface area contributed by atoms with E-state index in [1.807, 2.05) is 0 Å². The standard InChI is InChI=1S/C12H5Cl2F2NO2/c13-7-2-1-6(5-8(7)14)11-10(17(18)19)4-3-9(15)12(11)16/h1-5H. The average molecular weight is 304 g/mol. The lowest BCUT2D eigenvalue weighted by Crippen LogP contribution is -1.97. The van der Waals surface area contributed by atoms with Gasteiger partial charge in [0.1, 0.15) is 0 Å². The van der Waals surface area contributed by atoms with Crippen LogP contribution in [0.2, 0.25) is 10.0 Å². The summed E-state index contributed by atoms with van der Waals surface area (Å²) in [6, 6.07) is 5.53. The molecule has 19 heavy (non-hydrogen) atoms. The van der Waals surface area contributed by atoms with Crippen LogP contribution in [0.3, 0.4) is 0 Å². The Kier molecular flexibility index (Phi) is 3.68. The SMILES string of the molecule is O=[N+]([O-])c1ccc(F)c(F)c1-c1ccc(Cl)c(Cl)c1. The largest absolute Gasteiger partial charge is 0.280 e. The summed E-state index contributed by atoms with van der Waals surface area (Å²) < 4.78 is 27.0. The molecule has 0 radical (unpaired) electrons. The first-order valence-corrected chi connectivity index (χ1v) is 5.75. The Balaban J connectivity index is 2.75. The van der Waals surface area contributed by atoms with Gasteiger partial charge in [-0.1, -0.05) is 29.3 Å². The zero-order valence-electron chi connectivity index (χ0n) is 9.16. The molecule has 98 valence electrons. The van der Waals surface area contributed by atoms with Crippen molar-refractivity contribution in [2.24, 2.45) is 0 Å². The van der Waals surface area contributed by atoms with E-state index in [-0.39, 0.29) is 15.6 Å². The smallest absolute Gasteiger partial charge is 0.258 e. The minimum Gasteiger partial charge on any atom is -0.258 e. The van der Waals surface area contributed by atoms with Gasteiger partial charge in [0.15, 0.2) is 11.6 Å². The summed E-state index contributed by atoms with van der Waals surface area (Å²) in [6.45, 7) is 0. The second-order valence-electron chi connectivity index (χ2n) is 3.64. The molecule has 0 saturated heterocycles. The number of hydrogen-bond acceptors (Lipinski definition) is 2. The van der Waals surface area contributed by atoms with Crippen molar-refractivity contribution in [1.29, 1.82) is 0 Å². The van der Waals surface area contributed by atoms with Crippen molar-refractivity contribution in [3.63, 3.8) is 0 Å². The van der Waals surface area contributed by atoms with Crippen molar-refractivity contribution in [1.82, 2.24) is 0 Å². The fourth-order valence-corrected chi connectivity index (χ4v) is 1.92. The number of nitro benzene ring substituents is 1. The molecule has 0 aliphatic rings. The Morgan fingerprint density at radius 2 is 1.74 bits per heavy atom. The van der Waals surface area contributed by atoms with Gasteiger partial charge >= 0.3 is 0 Å². The zero-order chi connectivity index (χ0) is 14.2. The molecule has 0 amide bonds. The van der Waals surface area contributed by atoms with Gasteiger partial charge in [-0.05, 0) is 23.8 Å². The molecule has 0 aliphatic heterocycles. The van der Waals surface area contributed by atoms with Crippen LogP contribution in [0.4, 0.5) is 14.5 Å². The molecule has 0 saturated carbocycles. The molecule has 2 aromatic carbocycles. The Labute approximate surface area is 116 Å². The first kappa shape index (κ1) is 13.7. The van der Waals surface area contributed by atoms with E-state index in [0.29, 0.717) is 6.07 Å². The predicted molar refractivity (Wildman–Crippen MR) is 68.5 cm³/mol. The van der Waals surface area contributed by atoms with Crippen molar-refractivity contribution in [2.75, 3.05) is 0 Å². The van der Waals surface area contributed by atoms with Gasteiger partial charge in [-0.25, -0.2) is 8.78 Å². The lowest BCUT2D eigenvalue weighted by atomic mass is 10.0. The molecule has 0 fully saturated rings. The molecule has 0 aliphatic carbocycles. The number of nitrogens with zero attached hydrogens (tertiary/aromatic N) is 1. The fourth-order valence-electron chi connectivity index (χ4n) is 1.62. The summed E-state index contributed by atoms with van der Waals surface area (Å²) in [6.07, 6.45) is 0. The molecule has 7 heteroatoms. The van der Waals surface area contributed by atoms with Crippen molar-refractivity contribution in [2.45, 2.75) is 0 Å². The molecule has 0 spiro atoms. The molecular weight excluding hydrogens is 299 g/mol. The predicted octanol–water partition coefficient (Wildman–Crippen LogP) is 4.85. The van der Waals surface area contributed by atoms with Gasteiger partial charge in [-0.2, -0.15) is 0 Å². The molecule has 0 bridgehead atoms. The lowest BCUT2D eigenvalue weighted by Gasteiger charge is -2.06. The van der Waals surface area contributed by atoms with Crippen LogP contribution in [0.1, 0.15) is 0 Å². The van der Waals surface area contributed by atoms with Crippen LogP contribution in [0.25, 0.3) is 11.1 Å². The van der Waals surface area contributed by atoms with Crippen molar-refractivity contribution >= 4 is 28.9 Å². The van der Waals surface area contributed by atoms with Crippen LogP contribution in [0.5, 0.6) is 0 Å². The molecule has 3 nitrogen and oxygen atoms in total. The minimum absolute atomic E-state index is 0.0816. The molecule has 0 unspecified atom stereocenters. The van der Waals surface area contributed by atoms with Crippen molar-refractivity contribution < 1.29 is 13.7 Å². The molecule has 2 rings (SSSR count). The fraction of sp³-hybridized carbons (Fsp3) is 0. The third-order valence-electron chi connectivity index (χ3n) is 2.48. The highest BCUT2D eigenvalue weighted by Crippen LogP contribution is 2.36. The second kappa shape index (κ2) is 5.11. The molecule has 0 heterocycles. The third kappa shape index (κ3) is 2.52. The van der Waals surface area contributed by atoms with Gasteiger partial charge in [-0.3, -0.25) is 10.1 Å². The van der Waals surface area contributed by atoms with E-state index in [0.717, 1.165) is 6.07 Å². The number of nitro groups is 1. The summed E-state index contributed by atoms with van der Waals surface area (Å²) >= 11 is 11.5. The first-order chi connectivity index (χ1) is 8.91. The molecule has 2 aromatic rings. The highest BCUT2D eigenvalue weighted by molar-refractivity contribution is 6.42. The lowest BCUT2D eigenvalue weighted by molar-refractivity contribution is -0.384. The van der Waals surface area contributed by atoms with Crippen LogP contribution in [-0.4, -0.2) is 4.92 Å². The van der Waals surface area contributed by atoms with E-state index in [4.69, 9.17) is 23.2 Å². The minimum atomic E-state index is -1.30. The molecular formula is C12H5Cl2F2NO2. The zero-order valence-corrected chi connectivity index (χ0v) is 10.7. The van der Waals surface area contributed by atoms with Crippen LogP contribution >= 0.6 is 23.2 Å². The average Bonchev–Trinajstić information content (AvgIpc) is 2.35. The number of rotatable bonds is 2. The van der Waals surface area contributed by atoms with Crippen LogP contribution < -0.4 is 0 Å². The Bertz CT molecular complexity index is 677. The summed E-state index contributed by atoms with van der Waals surface area (Å²) in [7, 11) is 0. The highest BCUT2D eigenvalue weighted by atomic mass is 35.5. The first-order valence-electron chi connectivity index (χ1n) is 4.99. The molecule has 0 N–H and O–H groups in total. The monoisotopic (exact) mass is 303 g/mol. The summed E-state index contributed by atoms with van der Waals surface area (Å²) in [5.41, 5.74) is -0.918. The molecule has 0 aromatic heterocycles. The second-order valence-corrected chi connectivity index (χ2v) is 4.46. The van der Waals surface area contributed by atoms with Crippen LogP contribution in [0.15, 0.2) is 30.3 Å². The van der Waals surface area contributed by atoms with Crippen molar-refractivity contribution in [3.8, 4) is 11.1 Å². The maximum atomic E-state index is 13.8. The normalized spacial score (nSPS) is 10.5. The third-order valence-corrected chi connectivity index (χ3v) is 3.22.